The van der Waals surface area contributed by atoms with E-state index in [0.29, 0.717) is 18.0 Å². The third-order valence-electron chi connectivity index (χ3n) is 7.33. The minimum atomic E-state index is -0.829. The van der Waals surface area contributed by atoms with Crippen LogP contribution in [-0.2, 0) is 21.5 Å². The van der Waals surface area contributed by atoms with E-state index >= 15 is 0 Å². The number of carbonyl (C=O) groups is 1. The maximum Gasteiger partial charge on any atom is 0.262 e. The molecule has 1 aromatic rings. The number of benzene rings is 1. The molecule has 2 spiro atoms. The van der Waals surface area contributed by atoms with Crippen molar-refractivity contribution in [3.05, 3.63) is 34.9 Å². The number of hydrogen-bond donors (Lipinski definition) is 1. The lowest BCUT2D eigenvalue weighted by Crippen LogP contribution is -2.51. The summed E-state index contributed by atoms with van der Waals surface area (Å²) in [6, 6.07) is 6.79. The number of likely N-dealkylation sites (N-methyl/N-ethyl adjacent to an activating group) is 1. The van der Waals surface area contributed by atoms with E-state index in [4.69, 9.17) is 15.5 Å². The first-order valence-electron chi connectivity index (χ1n) is 9.80. The Hall–Kier alpha value is -1.88. The van der Waals surface area contributed by atoms with Gasteiger partial charge in [-0.1, -0.05) is 18.2 Å². The van der Waals surface area contributed by atoms with Crippen LogP contribution < -0.4 is 5.73 Å². The van der Waals surface area contributed by atoms with Crippen molar-refractivity contribution >= 4 is 11.9 Å². The van der Waals surface area contributed by atoms with Crippen molar-refractivity contribution < 1.29 is 9.53 Å². The van der Waals surface area contributed by atoms with Crippen molar-refractivity contribution in [3.8, 4) is 0 Å². The molecule has 5 rings (SSSR count). The molecule has 26 heavy (non-hydrogen) atoms. The van der Waals surface area contributed by atoms with E-state index in [0.717, 1.165) is 37.7 Å². The molecule has 2 N–H and O–H groups in total. The average molecular weight is 353 g/mol. The molecule has 1 heterocycles. The van der Waals surface area contributed by atoms with Gasteiger partial charge in [-0.05, 0) is 67.6 Å². The smallest absolute Gasteiger partial charge is 0.262 e. The highest BCUT2D eigenvalue weighted by molar-refractivity contribution is 6.08. The Kier molecular flexibility index (Phi) is 3.34. The molecule has 0 bridgehead atoms. The van der Waals surface area contributed by atoms with Crippen molar-refractivity contribution in [2.45, 2.75) is 62.5 Å². The molecule has 2 fully saturated rings. The topological polar surface area (TPSA) is 67.9 Å². The number of nitrogens with zero attached hydrogens (tertiary/aromatic N) is 2. The summed E-state index contributed by atoms with van der Waals surface area (Å²) in [6.45, 7) is 0. The molecule has 1 amide bonds. The molecule has 5 heteroatoms. The molecule has 3 aliphatic carbocycles. The number of fused-ring (bicyclic) bond motifs is 3. The van der Waals surface area contributed by atoms with E-state index in [9.17, 15) is 4.79 Å². The Labute approximate surface area is 154 Å². The van der Waals surface area contributed by atoms with Crippen molar-refractivity contribution in [2.24, 2.45) is 16.1 Å². The number of nitrogens with two attached hydrogens (primary N) is 1. The van der Waals surface area contributed by atoms with Crippen LogP contribution in [0.4, 0.5) is 0 Å². The van der Waals surface area contributed by atoms with Crippen LogP contribution in [0.1, 0.15) is 61.1 Å². The van der Waals surface area contributed by atoms with Crippen LogP contribution in [0.25, 0.3) is 0 Å². The molecule has 4 aliphatic rings. The molecule has 1 aromatic carbocycles. The Morgan fingerprint density at radius 1 is 1.23 bits per heavy atom. The fraction of sp³-hybridized carbons (Fsp3) is 0.619. The van der Waals surface area contributed by atoms with Gasteiger partial charge in [0.05, 0.1) is 6.10 Å². The predicted molar refractivity (Wildman–Crippen MR) is 99.9 cm³/mol. The van der Waals surface area contributed by atoms with E-state index in [2.05, 4.69) is 18.2 Å². The van der Waals surface area contributed by atoms with Crippen molar-refractivity contribution in [1.82, 2.24) is 4.90 Å². The predicted octanol–water partition coefficient (Wildman–Crippen LogP) is 2.68. The van der Waals surface area contributed by atoms with E-state index in [-0.39, 0.29) is 11.3 Å². The maximum atomic E-state index is 13.5. The highest BCUT2D eigenvalue weighted by Gasteiger charge is 2.66. The summed E-state index contributed by atoms with van der Waals surface area (Å²) in [7, 11) is 3.54. The summed E-state index contributed by atoms with van der Waals surface area (Å²) in [6.07, 6.45) is 7.59. The second-order valence-corrected chi connectivity index (χ2v) is 8.63. The van der Waals surface area contributed by atoms with Crippen LogP contribution in [-0.4, -0.2) is 37.0 Å². The SMILES string of the molecule is COC1CCC2(CC1)Cc1ccc(C3CC3)cc1C21N=C(N)N(C)C1=O. The molecular weight excluding hydrogens is 326 g/mol. The Morgan fingerprint density at radius 2 is 1.96 bits per heavy atom. The fourth-order valence-electron chi connectivity index (χ4n) is 5.61. The summed E-state index contributed by atoms with van der Waals surface area (Å²) in [4.78, 5) is 20.0. The molecule has 138 valence electrons. The van der Waals surface area contributed by atoms with Gasteiger partial charge in [0, 0.05) is 19.6 Å². The summed E-state index contributed by atoms with van der Waals surface area (Å²) >= 11 is 0. The van der Waals surface area contributed by atoms with E-state index in [1.54, 1.807) is 19.1 Å². The van der Waals surface area contributed by atoms with Gasteiger partial charge >= 0.3 is 0 Å². The second kappa shape index (κ2) is 5.32. The molecule has 0 saturated heterocycles. The highest BCUT2D eigenvalue weighted by Crippen LogP contribution is 2.62. The number of guanidine groups is 1. The van der Waals surface area contributed by atoms with Gasteiger partial charge in [0.1, 0.15) is 0 Å². The van der Waals surface area contributed by atoms with Gasteiger partial charge in [-0.3, -0.25) is 9.69 Å². The third kappa shape index (κ3) is 1.95. The number of hydrogen-bond acceptors (Lipinski definition) is 4. The Balaban J connectivity index is 1.66. The van der Waals surface area contributed by atoms with Crippen LogP contribution in [0.3, 0.4) is 0 Å². The van der Waals surface area contributed by atoms with E-state index in [1.807, 2.05) is 0 Å². The van der Waals surface area contributed by atoms with Gasteiger partial charge in [0.2, 0.25) is 0 Å². The van der Waals surface area contributed by atoms with Crippen LogP contribution in [0.2, 0.25) is 0 Å². The Morgan fingerprint density at radius 3 is 2.54 bits per heavy atom. The summed E-state index contributed by atoms with van der Waals surface area (Å²) in [5.41, 5.74) is 8.93. The zero-order valence-electron chi connectivity index (χ0n) is 15.6. The standard InChI is InChI=1S/C21H27N3O2/c1-24-18(25)21(23-19(24)22)17-11-14(13-3-4-13)5-6-15(17)12-20(21)9-7-16(26-2)8-10-20/h5-6,11,13,16H,3-4,7-10,12H2,1-2H3,(H2,22,23). The van der Waals surface area contributed by atoms with Crippen LogP contribution in [0.15, 0.2) is 23.2 Å². The molecular formula is C21H27N3O2. The lowest BCUT2D eigenvalue weighted by Gasteiger charge is -2.45. The highest BCUT2D eigenvalue weighted by atomic mass is 16.5. The lowest BCUT2D eigenvalue weighted by molar-refractivity contribution is -0.137. The maximum absolute atomic E-state index is 13.5. The molecule has 0 radical (unpaired) electrons. The lowest BCUT2D eigenvalue weighted by atomic mass is 9.61. The van der Waals surface area contributed by atoms with Crippen molar-refractivity contribution in [3.63, 3.8) is 0 Å². The van der Waals surface area contributed by atoms with Crippen molar-refractivity contribution in [2.75, 3.05) is 14.2 Å². The zero-order chi connectivity index (χ0) is 18.1. The third-order valence-corrected chi connectivity index (χ3v) is 7.33. The van der Waals surface area contributed by atoms with Gasteiger partial charge in [-0.2, -0.15) is 0 Å². The van der Waals surface area contributed by atoms with Gasteiger partial charge in [0.15, 0.2) is 11.5 Å². The van der Waals surface area contributed by atoms with Crippen LogP contribution in [0, 0.1) is 5.41 Å². The molecule has 5 nitrogen and oxygen atoms in total. The first kappa shape index (κ1) is 16.3. The monoisotopic (exact) mass is 353 g/mol. The minimum Gasteiger partial charge on any atom is -0.381 e. The number of amides is 1. The summed E-state index contributed by atoms with van der Waals surface area (Å²) in [5, 5.41) is 0. The van der Waals surface area contributed by atoms with Gasteiger partial charge in [-0.25, -0.2) is 4.99 Å². The molecule has 1 aliphatic heterocycles. The van der Waals surface area contributed by atoms with E-state index < -0.39 is 5.54 Å². The number of aliphatic imine (C=N–C) groups is 1. The number of rotatable bonds is 2. The first-order chi connectivity index (χ1) is 12.5. The molecule has 1 unspecified atom stereocenters. The van der Waals surface area contributed by atoms with Crippen molar-refractivity contribution in [1.29, 1.82) is 0 Å². The van der Waals surface area contributed by atoms with Gasteiger partial charge in [0.25, 0.3) is 5.91 Å². The van der Waals surface area contributed by atoms with Gasteiger partial charge in [-0.15, -0.1) is 0 Å². The van der Waals surface area contributed by atoms with E-state index in [1.165, 1.54) is 24.0 Å². The molecule has 2 saturated carbocycles. The largest absolute Gasteiger partial charge is 0.381 e. The average Bonchev–Trinajstić information content (AvgIpc) is 3.43. The summed E-state index contributed by atoms with van der Waals surface area (Å²) in [5.74, 6) is 1.07. The second-order valence-electron chi connectivity index (χ2n) is 8.63. The molecule has 1 atom stereocenters. The number of carbonyl (C=O) groups excluding carboxylic acids is 1. The van der Waals surface area contributed by atoms with Gasteiger partial charge < -0.3 is 10.5 Å². The normalized spacial score (nSPS) is 36.1. The minimum absolute atomic E-state index is 0.0533. The number of ether oxygens (including phenoxy) is 1. The Bertz CT molecular complexity index is 805. The summed E-state index contributed by atoms with van der Waals surface area (Å²) < 4.78 is 5.59. The first-order valence-corrected chi connectivity index (χ1v) is 9.80. The number of methoxy groups -OCH3 is 1. The van der Waals surface area contributed by atoms with Crippen LogP contribution in [0.5, 0.6) is 0 Å². The van der Waals surface area contributed by atoms with Crippen LogP contribution >= 0.6 is 0 Å². The zero-order valence-corrected chi connectivity index (χ0v) is 15.6. The quantitative estimate of drug-likeness (QED) is 0.889. The fourth-order valence-corrected chi connectivity index (χ4v) is 5.61. The molecule has 0 aromatic heterocycles.